The Morgan fingerprint density at radius 3 is 2.17 bits per heavy atom. The van der Waals surface area contributed by atoms with E-state index in [9.17, 15) is 13.2 Å². The van der Waals surface area contributed by atoms with Crippen molar-refractivity contribution in [1.29, 1.82) is 0 Å². The van der Waals surface area contributed by atoms with Gasteiger partial charge in [0.05, 0.1) is 17.6 Å². The number of carbonyl (C=O) groups excluding carboxylic acids is 1. The van der Waals surface area contributed by atoms with Crippen LogP contribution < -0.4 is 9.46 Å². The Morgan fingerprint density at radius 2 is 1.55 bits per heavy atom. The van der Waals surface area contributed by atoms with Gasteiger partial charge in [0, 0.05) is 19.1 Å². The SMILES string of the molecule is COc1ccc(S(=O)(=O)NC2CCCCCCC2)cc1C(=O)N1CCCCCC1. The van der Waals surface area contributed by atoms with Crippen molar-refractivity contribution in [2.75, 3.05) is 20.2 Å². The quantitative estimate of drug-likeness (QED) is 0.775. The number of nitrogens with one attached hydrogen (secondary N) is 1. The van der Waals surface area contributed by atoms with Crippen molar-refractivity contribution in [2.45, 2.75) is 81.6 Å². The molecule has 0 spiro atoms. The van der Waals surface area contributed by atoms with Crippen molar-refractivity contribution < 1.29 is 17.9 Å². The molecule has 1 saturated carbocycles. The molecule has 3 rings (SSSR count). The molecule has 1 N–H and O–H groups in total. The highest BCUT2D eigenvalue weighted by Gasteiger charge is 2.26. The monoisotopic (exact) mass is 422 g/mol. The first-order valence-electron chi connectivity index (χ1n) is 11.0. The van der Waals surface area contributed by atoms with Crippen molar-refractivity contribution in [2.24, 2.45) is 0 Å². The smallest absolute Gasteiger partial charge is 0.257 e. The molecule has 0 atom stereocenters. The van der Waals surface area contributed by atoms with E-state index in [1.165, 1.54) is 25.7 Å². The second kappa shape index (κ2) is 10.4. The van der Waals surface area contributed by atoms with Gasteiger partial charge in [-0.05, 0) is 43.9 Å². The van der Waals surface area contributed by atoms with Crippen LogP contribution in [-0.2, 0) is 10.0 Å². The summed E-state index contributed by atoms with van der Waals surface area (Å²) in [6, 6.07) is 4.57. The van der Waals surface area contributed by atoms with Gasteiger partial charge in [0.15, 0.2) is 0 Å². The zero-order chi connectivity index (χ0) is 20.7. The minimum absolute atomic E-state index is 0.0350. The predicted molar refractivity (Wildman–Crippen MR) is 114 cm³/mol. The summed E-state index contributed by atoms with van der Waals surface area (Å²) in [5.41, 5.74) is 0.329. The molecule has 1 amide bonds. The number of nitrogens with zero attached hydrogens (tertiary/aromatic N) is 1. The lowest BCUT2D eigenvalue weighted by atomic mass is 9.97. The first kappa shape index (κ1) is 22.1. The van der Waals surface area contributed by atoms with Gasteiger partial charge in [-0.2, -0.15) is 0 Å². The lowest BCUT2D eigenvalue weighted by Crippen LogP contribution is -2.36. The van der Waals surface area contributed by atoms with E-state index in [-0.39, 0.29) is 16.8 Å². The minimum Gasteiger partial charge on any atom is -0.496 e. The van der Waals surface area contributed by atoms with Crippen LogP contribution in [0.4, 0.5) is 0 Å². The van der Waals surface area contributed by atoms with E-state index in [1.807, 2.05) is 4.90 Å². The van der Waals surface area contributed by atoms with E-state index in [1.54, 1.807) is 6.07 Å². The average molecular weight is 423 g/mol. The molecule has 1 heterocycles. The van der Waals surface area contributed by atoms with Crippen LogP contribution in [0.5, 0.6) is 5.75 Å². The van der Waals surface area contributed by atoms with Crippen LogP contribution in [-0.4, -0.2) is 45.5 Å². The van der Waals surface area contributed by atoms with Crippen molar-refractivity contribution in [1.82, 2.24) is 9.62 Å². The Labute approximate surface area is 175 Å². The number of hydrogen-bond acceptors (Lipinski definition) is 4. The molecule has 1 saturated heterocycles. The normalized spacial score (nSPS) is 19.8. The van der Waals surface area contributed by atoms with E-state index in [4.69, 9.17) is 4.74 Å². The zero-order valence-electron chi connectivity index (χ0n) is 17.5. The summed E-state index contributed by atoms with van der Waals surface area (Å²) < 4.78 is 34.3. The molecule has 1 aliphatic heterocycles. The van der Waals surface area contributed by atoms with Crippen molar-refractivity contribution >= 4 is 15.9 Å². The summed E-state index contributed by atoms with van der Waals surface area (Å²) in [4.78, 5) is 15.1. The maximum atomic E-state index is 13.1. The summed E-state index contributed by atoms with van der Waals surface area (Å²) in [5.74, 6) is 0.274. The van der Waals surface area contributed by atoms with Gasteiger partial charge in [-0.15, -0.1) is 0 Å². The fourth-order valence-corrected chi connectivity index (χ4v) is 5.66. The predicted octanol–water partition coefficient (Wildman–Crippen LogP) is 4.10. The molecule has 0 unspecified atom stereocenters. The molecule has 6 nitrogen and oxygen atoms in total. The van der Waals surface area contributed by atoms with Gasteiger partial charge < -0.3 is 9.64 Å². The Hall–Kier alpha value is -1.60. The van der Waals surface area contributed by atoms with Crippen LogP contribution in [0.1, 0.15) is 81.0 Å². The van der Waals surface area contributed by atoms with Gasteiger partial charge in [0.2, 0.25) is 10.0 Å². The molecule has 2 fully saturated rings. The van der Waals surface area contributed by atoms with E-state index >= 15 is 0 Å². The van der Waals surface area contributed by atoms with E-state index in [2.05, 4.69) is 4.72 Å². The zero-order valence-corrected chi connectivity index (χ0v) is 18.3. The van der Waals surface area contributed by atoms with Crippen LogP contribution in [0.15, 0.2) is 23.1 Å². The van der Waals surface area contributed by atoms with E-state index in [0.29, 0.717) is 24.4 Å². The molecule has 162 valence electrons. The van der Waals surface area contributed by atoms with Gasteiger partial charge in [0.1, 0.15) is 5.75 Å². The van der Waals surface area contributed by atoms with Crippen molar-refractivity contribution in [3.8, 4) is 5.75 Å². The third-order valence-corrected chi connectivity index (χ3v) is 7.55. The highest BCUT2D eigenvalue weighted by atomic mass is 32.2. The number of carbonyl (C=O) groups is 1. The number of hydrogen-bond donors (Lipinski definition) is 1. The molecule has 29 heavy (non-hydrogen) atoms. The molecule has 0 radical (unpaired) electrons. The molecular formula is C22H34N2O4S. The van der Waals surface area contributed by atoms with Crippen molar-refractivity contribution in [3.05, 3.63) is 23.8 Å². The number of methoxy groups -OCH3 is 1. The minimum atomic E-state index is -3.68. The summed E-state index contributed by atoms with van der Waals surface area (Å²) >= 11 is 0. The summed E-state index contributed by atoms with van der Waals surface area (Å²) in [6.07, 6.45) is 11.6. The number of sulfonamides is 1. The molecule has 7 heteroatoms. The molecule has 1 aromatic rings. The summed E-state index contributed by atoms with van der Waals surface area (Å²) in [7, 11) is -2.17. The van der Waals surface area contributed by atoms with Gasteiger partial charge in [-0.3, -0.25) is 4.79 Å². The van der Waals surface area contributed by atoms with Crippen molar-refractivity contribution in [3.63, 3.8) is 0 Å². The molecule has 0 aromatic heterocycles. The molecule has 1 aromatic carbocycles. The molecular weight excluding hydrogens is 388 g/mol. The Morgan fingerprint density at radius 1 is 0.966 bits per heavy atom. The van der Waals surface area contributed by atoms with Crippen LogP contribution >= 0.6 is 0 Å². The molecule has 2 aliphatic rings. The first-order chi connectivity index (χ1) is 14.0. The molecule has 0 bridgehead atoms. The maximum Gasteiger partial charge on any atom is 0.257 e. The summed E-state index contributed by atoms with van der Waals surface area (Å²) in [5, 5.41) is 0. The number of benzene rings is 1. The van der Waals surface area contributed by atoms with Crippen LogP contribution in [0, 0.1) is 0 Å². The number of rotatable bonds is 5. The average Bonchev–Trinajstić information content (AvgIpc) is 2.98. The standard InChI is InChI=1S/C22H34N2O4S/c1-28-21-14-13-19(17-20(21)22(25)24-15-9-5-6-10-16-24)29(26,27)23-18-11-7-3-2-4-8-12-18/h13-14,17-18,23H,2-12,15-16H2,1H3. The highest BCUT2D eigenvalue weighted by molar-refractivity contribution is 7.89. The Kier molecular flexibility index (Phi) is 7.95. The fourth-order valence-electron chi connectivity index (χ4n) is 4.33. The van der Waals surface area contributed by atoms with E-state index in [0.717, 1.165) is 64.2 Å². The lowest BCUT2D eigenvalue weighted by molar-refractivity contribution is 0.0758. The Bertz CT molecular complexity index is 778. The fraction of sp³-hybridized carbons (Fsp3) is 0.682. The highest BCUT2D eigenvalue weighted by Crippen LogP contribution is 2.26. The van der Waals surface area contributed by atoms with Crippen LogP contribution in [0.3, 0.4) is 0 Å². The van der Waals surface area contributed by atoms with Gasteiger partial charge in [-0.1, -0.05) is 44.9 Å². The van der Waals surface area contributed by atoms with Gasteiger partial charge in [0.25, 0.3) is 5.91 Å². The number of ether oxygens (including phenoxy) is 1. The summed E-state index contributed by atoms with van der Waals surface area (Å²) in [6.45, 7) is 1.42. The second-order valence-electron chi connectivity index (χ2n) is 8.23. The van der Waals surface area contributed by atoms with E-state index < -0.39 is 10.0 Å². The lowest BCUT2D eigenvalue weighted by Gasteiger charge is -2.23. The second-order valence-corrected chi connectivity index (χ2v) is 9.95. The van der Waals surface area contributed by atoms with Crippen LogP contribution in [0.2, 0.25) is 0 Å². The van der Waals surface area contributed by atoms with Crippen LogP contribution in [0.25, 0.3) is 0 Å². The van der Waals surface area contributed by atoms with Gasteiger partial charge in [-0.25, -0.2) is 13.1 Å². The maximum absolute atomic E-state index is 13.1. The van der Waals surface area contributed by atoms with Gasteiger partial charge >= 0.3 is 0 Å². The molecule has 1 aliphatic carbocycles. The Balaban J connectivity index is 1.81. The number of likely N-dealkylation sites (tertiary alicyclic amines) is 1. The first-order valence-corrected chi connectivity index (χ1v) is 12.5. The topological polar surface area (TPSA) is 75.7 Å². The number of amides is 1. The largest absolute Gasteiger partial charge is 0.496 e. The third kappa shape index (κ3) is 5.95. The third-order valence-electron chi connectivity index (χ3n) is 6.03.